The summed E-state index contributed by atoms with van der Waals surface area (Å²) in [6, 6.07) is 19.3. The highest BCUT2D eigenvalue weighted by molar-refractivity contribution is 7.99. The maximum atomic E-state index is 12.7. The quantitative estimate of drug-likeness (QED) is 0.341. The van der Waals surface area contributed by atoms with Crippen molar-refractivity contribution in [2.45, 2.75) is 18.1 Å². The summed E-state index contributed by atoms with van der Waals surface area (Å²) in [7, 11) is 3.13. The van der Waals surface area contributed by atoms with Gasteiger partial charge in [0.2, 0.25) is 5.91 Å². The van der Waals surface area contributed by atoms with E-state index < -0.39 is 0 Å². The van der Waals surface area contributed by atoms with E-state index in [9.17, 15) is 4.79 Å². The number of aromatic nitrogens is 4. The van der Waals surface area contributed by atoms with Crippen molar-refractivity contribution in [3.05, 3.63) is 78.6 Å². The zero-order valence-corrected chi connectivity index (χ0v) is 19.8. The van der Waals surface area contributed by atoms with Crippen LogP contribution in [-0.2, 0) is 17.8 Å². The Balaban J connectivity index is 1.50. The lowest BCUT2D eigenvalue weighted by Crippen LogP contribution is -2.15. The van der Waals surface area contributed by atoms with E-state index in [2.05, 4.69) is 32.6 Å². The van der Waals surface area contributed by atoms with Gasteiger partial charge >= 0.3 is 0 Å². The van der Waals surface area contributed by atoms with Crippen molar-refractivity contribution in [1.29, 1.82) is 0 Å². The van der Waals surface area contributed by atoms with Crippen molar-refractivity contribution in [1.82, 2.24) is 19.7 Å². The number of rotatable bonds is 10. The third-order valence-corrected chi connectivity index (χ3v) is 6.08. The molecule has 9 heteroatoms. The zero-order chi connectivity index (χ0) is 23.8. The van der Waals surface area contributed by atoms with Crippen molar-refractivity contribution >= 4 is 23.4 Å². The van der Waals surface area contributed by atoms with Crippen LogP contribution in [-0.4, -0.2) is 45.6 Å². The Kier molecular flexibility index (Phi) is 7.77. The predicted molar refractivity (Wildman–Crippen MR) is 132 cm³/mol. The molecule has 0 radical (unpaired) electrons. The molecule has 0 fully saturated rings. The third-order valence-electron chi connectivity index (χ3n) is 5.12. The van der Waals surface area contributed by atoms with Gasteiger partial charge in [-0.3, -0.25) is 9.78 Å². The first-order chi connectivity index (χ1) is 16.7. The van der Waals surface area contributed by atoms with Gasteiger partial charge < -0.3 is 19.4 Å². The van der Waals surface area contributed by atoms with Gasteiger partial charge in [-0.25, -0.2) is 0 Å². The Morgan fingerprint density at radius 2 is 1.88 bits per heavy atom. The summed E-state index contributed by atoms with van der Waals surface area (Å²) < 4.78 is 12.6. The van der Waals surface area contributed by atoms with Crippen LogP contribution in [0.3, 0.4) is 0 Å². The first kappa shape index (κ1) is 23.3. The summed E-state index contributed by atoms with van der Waals surface area (Å²) in [5, 5.41) is 12.3. The van der Waals surface area contributed by atoms with Gasteiger partial charge in [0.1, 0.15) is 11.5 Å². The van der Waals surface area contributed by atoms with Gasteiger partial charge in [0.25, 0.3) is 0 Å². The Bertz CT molecular complexity index is 1230. The van der Waals surface area contributed by atoms with Crippen LogP contribution in [0.4, 0.5) is 5.69 Å². The molecule has 4 rings (SSSR count). The molecule has 0 spiro atoms. The summed E-state index contributed by atoms with van der Waals surface area (Å²) in [4.78, 5) is 16.9. The summed E-state index contributed by atoms with van der Waals surface area (Å²) in [5.74, 6) is 1.89. The number of nitrogens with zero attached hydrogens (tertiary/aromatic N) is 4. The van der Waals surface area contributed by atoms with E-state index in [0.717, 1.165) is 17.8 Å². The van der Waals surface area contributed by atoms with Crippen molar-refractivity contribution in [3.8, 4) is 22.9 Å². The van der Waals surface area contributed by atoms with Gasteiger partial charge in [-0.15, -0.1) is 10.2 Å². The van der Waals surface area contributed by atoms with Crippen molar-refractivity contribution in [2.24, 2.45) is 0 Å². The molecule has 4 aromatic rings. The molecule has 8 nitrogen and oxygen atoms in total. The molecule has 2 heterocycles. The van der Waals surface area contributed by atoms with Crippen LogP contribution in [0.15, 0.2) is 78.2 Å². The van der Waals surface area contributed by atoms with Crippen molar-refractivity contribution < 1.29 is 14.3 Å². The molecule has 2 aromatic carbocycles. The van der Waals surface area contributed by atoms with Gasteiger partial charge in [-0.1, -0.05) is 42.1 Å². The molecule has 1 amide bonds. The van der Waals surface area contributed by atoms with E-state index >= 15 is 0 Å². The average molecular weight is 476 g/mol. The second-order valence-corrected chi connectivity index (χ2v) is 8.28. The number of benzene rings is 2. The van der Waals surface area contributed by atoms with Crippen LogP contribution in [0, 0.1) is 0 Å². The number of aryl methyl sites for hydroxylation is 1. The molecule has 0 aliphatic carbocycles. The lowest BCUT2D eigenvalue weighted by Gasteiger charge is -2.12. The number of hydrogen-bond acceptors (Lipinski definition) is 7. The number of anilines is 1. The van der Waals surface area contributed by atoms with Crippen LogP contribution in [0.5, 0.6) is 11.5 Å². The summed E-state index contributed by atoms with van der Waals surface area (Å²) in [5.41, 5.74) is 2.64. The normalized spacial score (nSPS) is 10.6. The van der Waals surface area contributed by atoms with Crippen molar-refractivity contribution in [3.63, 3.8) is 0 Å². The number of hydrogen-bond donors (Lipinski definition) is 1. The largest absolute Gasteiger partial charge is 0.497 e. The molecule has 0 atom stereocenters. The minimum Gasteiger partial charge on any atom is -0.497 e. The van der Waals surface area contributed by atoms with Crippen LogP contribution >= 0.6 is 11.8 Å². The molecule has 34 heavy (non-hydrogen) atoms. The number of carbonyl (C=O) groups excluding carboxylic acids is 1. The maximum Gasteiger partial charge on any atom is 0.234 e. The number of ether oxygens (including phenoxy) is 2. The first-order valence-electron chi connectivity index (χ1n) is 10.7. The molecule has 0 unspecified atom stereocenters. The Hall–Kier alpha value is -3.85. The molecule has 0 saturated heterocycles. The highest BCUT2D eigenvalue weighted by Crippen LogP contribution is 2.29. The smallest absolute Gasteiger partial charge is 0.234 e. The van der Waals surface area contributed by atoms with Crippen LogP contribution < -0.4 is 14.8 Å². The SMILES string of the molecule is COc1ccc(OC)c(NC(=O)CSc2nnc(-c3cccnc3)n2CCc2ccccc2)c1. The lowest BCUT2D eigenvalue weighted by atomic mass is 10.1. The molecule has 0 saturated carbocycles. The fourth-order valence-corrected chi connectivity index (χ4v) is 4.18. The number of thioether (sulfide) groups is 1. The predicted octanol–water partition coefficient (Wildman–Crippen LogP) is 4.33. The zero-order valence-electron chi connectivity index (χ0n) is 19.0. The first-order valence-corrected chi connectivity index (χ1v) is 11.7. The molecule has 0 bridgehead atoms. The Morgan fingerprint density at radius 1 is 1.03 bits per heavy atom. The van der Waals surface area contributed by atoms with Gasteiger partial charge in [0.15, 0.2) is 11.0 Å². The minimum atomic E-state index is -0.183. The maximum absolute atomic E-state index is 12.7. The van der Waals surface area contributed by atoms with E-state index in [1.165, 1.54) is 17.3 Å². The number of pyridine rings is 1. The molecule has 0 aliphatic rings. The topological polar surface area (TPSA) is 91.2 Å². The van der Waals surface area contributed by atoms with Gasteiger partial charge in [-0.2, -0.15) is 0 Å². The summed E-state index contributed by atoms with van der Waals surface area (Å²) in [6.45, 7) is 0.675. The van der Waals surface area contributed by atoms with Crippen LogP contribution in [0.2, 0.25) is 0 Å². The summed E-state index contributed by atoms with van der Waals surface area (Å²) in [6.07, 6.45) is 4.30. The number of amides is 1. The van der Waals surface area contributed by atoms with E-state index in [1.54, 1.807) is 44.8 Å². The number of carbonyl (C=O) groups is 1. The van der Waals surface area contributed by atoms with Gasteiger partial charge in [0, 0.05) is 30.6 Å². The van der Waals surface area contributed by atoms with E-state index in [1.807, 2.05) is 34.9 Å². The average Bonchev–Trinajstić information content (AvgIpc) is 3.30. The van der Waals surface area contributed by atoms with Crippen LogP contribution in [0.1, 0.15) is 5.56 Å². The van der Waals surface area contributed by atoms with E-state index in [-0.39, 0.29) is 11.7 Å². The standard InChI is InChI=1S/C25H25N5O3S/c1-32-20-10-11-22(33-2)21(15-20)27-23(31)17-34-25-29-28-24(19-9-6-13-26-16-19)30(25)14-12-18-7-4-3-5-8-18/h3-11,13,15-16H,12,14,17H2,1-2H3,(H,27,31). The van der Waals surface area contributed by atoms with E-state index in [4.69, 9.17) is 9.47 Å². The molecule has 2 aromatic heterocycles. The highest BCUT2D eigenvalue weighted by atomic mass is 32.2. The fraction of sp³-hybridized carbons (Fsp3) is 0.200. The molecule has 0 aliphatic heterocycles. The minimum absolute atomic E-state index is 0.164. The fourth-order valence-electron chi connectivity index (χ4n) is 3.42. The number of nitrogens with one attached hydrogen (secondary N) is 1. The summed E-state index contributed by atoms with van der Waals surface area (Å²) >= 11 is 1.33. The lowest BCUT2D eigenvalue weighted by molar-refractivity contribution is -0.113. The van der Waals surface area contributed by atoms with Crippen molar-refractivity contribution in [2.75, 3.05) is 25.3 Å². The Labute approximate surface area is 202 Å². The Morgan fingerprint density at radius 3 is 2.62 bits per heavy atom. The molecule has 174 valence electrons. The molecule has 1 N–H and O–H groups in total. The van der Waals surface area contributed by atoms with E-state index in [0.29, 0.717) is 28.9 Å². The van der Waals surface area contributed by atoms with Gasteiger partial charge in [0.05, 0.1) is 25.7 Å². The second-order valence-electron chi connectivity index (χ2n) is 7.34. The second kappa shape index (κ2) is 11.3. The monoisotopic (exact) mass is 475 g/mol. The van der Waals surface area contributed by atoms with Gasteiger partial charge in [-0.05, 0) is 36.2 Å². The van der Waals surface area contributed by atoms with Crippen LogP contribution in [0.25, 0.3) is 11.4 Å². The third kappa shape index (κ3) is 5.74. The highest BCUT2D eigenvalue weighted by Gasteiger charge is 2.17. The molecular weight excluding hydrogens is 450 g/mol. The number of methoxy groups -OCH3 is 2. The molecular formula is C25H25N5O3S.